The molecule has 0 spiro atoms. The lowest BCUT2D eigenvalue weighted by Gasteiger charge is -2.40. The number of sulfone groups is 1. The van der Waals surface area contributed by atoms with Gasteiger partial charge in [-0.1, -0.05) is 66.7 Å². The summed E-state index contributed by atoms with van der Waals surface area (Å²) in [5, 5.41) is 1.13. The summed E-state index contributed by atoms with van der Waals surface area (Å²) < 4.78 is 36.7. The Hall–Kier alpha value is -4.48. The van der Waals surface area contributed by atoms with Crippen LogP contribution in [-0.4, -0.2) is 91.0 Å². The van der Waals surface area contributed by atoms with Crippen LogP contribution in [0.15, 0.2) is 79.0 Å². The number of likely N-dealkylation sites (tertiary alicyclic amines) is 1. The molecule has 1 saturated carbocycles. The fourth-order valence-electron chi connectivity index (χ4n) is 7.40. The van der Waals surface area contributed by atoms with Crippen molar-refractivity contribution in [1.82, 2.24) is 14.4 Å². The molecular formula is C42H51N3O7S. The van der Waals surface area contributed by atoms with Crippen LogP contribution >= 0.6 is 0 Å². The topological polar surface area (TPSA) is 115 Å². The number of methoxy groups -OCH3 is 1. The molecule has 4 aromatic rings. The summed E-state index contributed by atoms with van der Waals surface area (Å²) in [6.07, 6.45) is 6.19. The summed E-state index contributed by atoms with van der Waals surface area (Å²) in [7, 11) is -1.73. The van der Waals surface area contributed by atoms with Crippen molar-refractivity contribution >= 4 is 38.5 Å². The average Bonchev–Trinajstić information content (AvgIpc) is 3.91. The number of para-hydroxylation sites is 1. The number of ether oxygens (including phenoxy) is 2. The van der Waals surface area contributed by atoms with Crippen LogP contribution in [0.1, 0.15) is 73.9 Å². The molecule has 2 heterocycles. The van der Waals surface area contributed by atoms with E-state index in [0.717, 1.165) is 65.2 Å². The number of Topliss-reactive ketones (excluding diaryl/α,β-unsaturated/α-hetero) is 1. The highest BCUT2D eigenvalue weighted by Crippen LogP contribution is 2.40. The number of carbonyl (C=O) groups is 3. The second-order valence-electron chi connectivity index (χ2n) is 15.5. The maximum atomic E-state index is 15.0. The van der Waals surface area contributed by atoms with Crippen LogP contribution in [0.2, 0.25) is 0 Å². The third-order valence-electron chi connectivity index (χ3n) is 10.1. The van der Waals surface area contributed by atoms with Crippen molar-refractivity contribution in [2.45, 2.75) is 77.1 Å². The van der Waals surface area contributed by atoms with E-state index in [1.54, 1.807) is 24.1 Å². The molecule has 11 heteroatoms. The van der Waals surface area contributed by atoms with Crippen molar-refractivity contribution in [3.63, 3.8) is 0 Å². The van der Waals surface area contributed by atoms with Crippen molar-refractivity contribution < 1.29 is 32.3 Å². The largest absolute Gasteiger partial charge is 0.444 e. The van der Waals surface area contributed by atoms with Crippen molar-refractivity contribution in [3.8, 4) is 11.1 Å². The van der Waals surface area contributed by atoms with Gasteiger partial charge < -0.3 is 23.8 Å². The van der Waals surface area contributed by atoms with Gasteiger partial charge in [-0.05, 0) is 80.7 Å². The number of aromatic nitrogens is 1. The summed E-state index contributed by atoms with van der Waals surface area (Å²) in [5.74, 6) is -1.57. The highest BCUT2D eigenvalue weighted by Gasteiger charge is 2.43. The van der Waals surface area contributed by atoms with Gasteiger partial charge in [0.2, 0.25) is 5.91 Å². The molecule has 1 saturated heterocycles. The number of ketones is 1. The van der Waals surface area contributed by atoms with Crippen LogP contribution in [0, 0.1) is 5.92 Å². The Morgan fingerprint density at radius 2 is 1.66 bits per heavy atom. The molecule has 0 unspecified atom stereocenters. The molecule has 2 fully saturated rings. The summed E-state index contributed by atoms with van der Waals surface area (Å²) in [6.45, 7) is 8.23. The Morgan fingerprint density at radius 3 is 2.34 bits per heavy atom. The van der Waals surface area contributed by atoms with Gasteiger partial charge >= 0.3 is 6.09 Å². The first-order valence-corrected chi connectivity index (χ1v) is 20.5. The fraction of sp³-hybridized carbons (Fsp3) is 0.452. The average molecular weight is 742 g/mol. The molecule has 282 valence electrons. The first-order valence-electron chi connectivity index (χ1n) is 18.5. The third kappa shape index (κ3) is 9.55. The van der Waals surface area contributed by atoms with Gasteiger partial charge in [-0.3, -0.25) is 9.59 Å². The van der Waals surface area contributed by atoms with E-state index in [1.165, 1.54) is 0 Å². The quantitative estimate of drug-likeness (QED) is 0.106. The zero-order valence-corrected chi connectivity index (χ0v) is 32.2. The first-order chi connectivity index (χ1) is 25.2. The van der Waals surface area contributed by atoms with E-state index in [0.29, 0.717) is 31.7 Å². The van der Waals surface area contributed by atoms with E-state index in [9.17, 15) is 22.8 Å². The number of piperidine rings is 1. The molecule has 1 aliphatic carbocycles. The highest BCUT2D eigenvalue weighted by atomic mass is 32.2. The lowest BCUT2D eigenvalue weighted by Crippen LogP contribution is -2.51. The lowest BCUT2D eigenvalue weighted by atomic mass is 9.79. The SMILES string of the molecule is COCCCn1cc(CN(C(=O)[C@H]2CN(C(=O)OC(C)(C)C)CC[C@@H]2c2cccc(-c3ccc(C(=O)CS(C)(=O)=O)cc3)c2)C2CC2)c2ccccc21. The van der Waals surface area contributed by atoms with Crippen molar-refractivity contribution in [2.75, 3.05) is 38.8 Å². The molecule has 0 radical (unpaired) electrons. The highest BCUT2D eigenvalue weighted by molar-refractivity contribution is 7.91. The molecule has 3 aromatic carbocycles. The molecule has 53 heavy (non-hydrogen) atoms. The van der Waals surface area contributed by atoms with Gasteiger partial charge in [0, 0.05) is 74.9 Å². The minimum atomic E-state index is -3.44. The van der Waals surface area contributed by atoms with Gasteiger partial charge in [0.25, 0.3) is 0 Å². The molecular weight excluding hydrogens is 691 g/mol. The predicted molar refractivity (Wildman–Crippen MR) is 207 cm³/mol. The van der Waals surface area contributed by atoms with E-state index in [-0.39, 0.29) is 24.4 Å². The van der Waals surface area contributed by atoms with E-state index in [1.807, 2.05) is 62.1 Å². The van der Waals surface area contributed by atoms with E-state index < -0.39 is 39.0 Å². The van der Waals surface area contributed by atoms with Crippen LogP contribution in [0.5, 0.6) is 0 Å². The molecule has 1 aliphatic heterocycles. The number of rotatable bonds is 13. The first kappa shape index (κ1) is 38.3. The minimum Gasteiger partial charge on any atom is -0.444 e. The summed E-state index contributed by atoms with van der Waals surface area (Å²) in [6, 6.07) is 23.5. The number of carbonyl (C=O) groups excluding carboxylic acids is 3. The van der Waals surface area contributed by atoms with Gasteiger partial charge in [-0.2, -0.15) is 0 Å². The normalized spacial score (nSPS) is 17.9. The van der Waals surface area contributed by atoms with Crippen LogP contribution in [0.4, 0.5) is 4.79 Å². The second-order valence-corrected chi connectivity index (χ2v) is 17.7. The molecule has 0 N–H and O–H groups in total. The second kappa shape index (κ2) is 15.9. The van der Waals surface area contributed by atoms with Crippen LogP contribution in [-0.2, 0) is 37.2 Å². The molecule has 10 nitrogen and oxygen atoms in total. The number of hydrogen-bond acceptors (Lipinski definition) is 7. The number of nitrogens with zero attached hydrogens (tertiary/aromatic N) is 3. The Kier molecular flexibility index (Phi) is 11.4. The summed E-state index contributed by atoms with van der Waals surface area (Å²) in [4.78, 5) is 44.6. The number of hydrogen-bond donors (Lipinski definition) is 0. The molecule has 2 atom stereocenters. The predicted octanol–water partition coefficient (Wildman–Crippen LogP) is 7.10. The summed E-state index contributed by atoms with van der Waals surface area (Å²) in [5.41, 5.74) is 4.72. The van der Waals surface area contributed by atoms with E-state index in [2.05, 4.69) is 35.0 Å². The molecule has 6 rings (SSSR count). The fourth-order valence-corrected chi connectivity index (χ4v) is 8.04. The Morgan fingerprint density at radius 1 is 0.925 bits per heavy atom. The van der Waals surface area contributed by atoms with Gasteiger partial charge in [0.15, 0.2) is 15.6 Å². The smallest absolute Gasteiger partial charge is 0.410 e. The minimum absolute atomic E-state index is 0.0427. The lowest BCUT2D eigenvalue weighted by molar-refractivity contribution is -0.139. The Balaban J connectivity index is 1.30. The number of benzene rings is 3. The standard InChI is InChI=1S/C42H51N3O7S/c1-42(2,3)52-41(48)44-22-20-35(32-11-8-10-31(24-32)29-14-16-30(17-15-29)39(46)28-53(5,49)50)37(27-44)40(47)45(34-18-19-34)26-33-25-43(21-9-23-51-4)38-13-7-6-12-36(33)38/h6-8,10-17,24-25,34-35,37H,9,18-23,26-28H2,1-5H3/t35-,37+/m1/s1. The third-order valence-corrected chi connectivity index (χ3v) is 10.8. The molecule has 2 aliphatic rings. The zero-order valence-electron chi connectivity index (χ0n) is 31.4. The maximum absolute atomic E-state index is 15.0. The number of fused-ring (bicyclic) bond motifs is 1. The van der Waals surface area contributed by atoms with Crippen molar-refractivity contribution in [2.24, 2.45) is 5.92 Å². The summed E-state index contributed by atoms with van der Waals surface area (Å²) >= 11 is 0. The zero-order chi connectivity index (χ0) is 37.9. The Bertz CT molecular complexity index is 2060. The van der Waals surface area contributed by atoms with Gasteiger partial charge in [-0.25, -0.2) is 13.2 Å². The monoisotopic (exact) mass is 741 g/mol. The maximum Gasteiger partial charge on any atom is 0.410 e. The van der Waals surface area contributed by atoms with Gasteiger partial charge in [-0.15, -0.1) is 0 Å². The molecule has 1 aromatic heterocycles. The van der Waals surface area contributed by atoms with Gasteiger partial charge in [0.1, 0.15) is 11.4 Å². The van der Waals surface area contributed by atoms with Crippen molar-refractivity contribution in [3.05, 3.63) is 95.7 Å². The van der Waals surface area contributed by atoms with Crippen molar-refractivity contribution in [1.29, 1.82) is 0 Å². The van der Waals surface area contributed by atoms with Crippen LogP contribution in [0.3, 0.4) is 0 Å². The molecule has 0 bridgehead atoms. The van der Waals surface area contributed by atoms with Gasteiger partial charge in [0.05, 0.1) is 5.92 Å². The van der Waals surface area contributed by atoms with E-state index >= 15 is 0 Å². The number of aryl methyl sites for hydroxylation is 1. The Labute approximate surface area is 313 Å². The van der Waals surface area contributed by atoms with E-state index in [4.69, 9.17) is 9.47 Å². The van der Waals surface area contributed by atoms with Crippen LogP contribution < -0.4 is 0 Å². The van der Waals surface area contributed by atoms with Crippen LogP contribution in [0.25, 0.3) is 22.0 Å². The molecule has 2 amide bonds. The number of amides is 2.